The SMILES string of the molecule is CN1/C(=C\C(=O)COC(=O)CCS(=O)(=O)c2ccccc2Cl)C(C)(C)c2ccccc21. The van der Waals surface area contributed by atoms with E-state index in [0.29, 0.717) is 0 Å². The van der Waals surface area contributed by atoms with Crippen molar-refractivity contribution >= 4 is 38.9 Å². The fraction of sp³-hybridized carbons (Fsp3) is 0.304. The van der Waals surface area contributed by atoms with Gasteiger partial charge >= 0.3 is 5.97 Å². The molecular formula is C23H24ClNO5S. The average Bonchev–Trinajstić information content (AvgIpc) is 2.92. The number of anilines is 1. The Labute approximate surface area is 187 Å². The number of ketones is 1. The van der Waals surface area contributed by atoms with E-state index < -0.39 is 28.2 Å². The van der Waals surface area contributed by atoms with Crippen LogP contribution in [0, 0.1) is 0 Å². The molecule has 31 heavy (non-hydrogen) atoms. The number of likely N-dealkylation sites (N-methyl/N-ethyl adjacent to an activating group) is 1. The van der Waals surface area contributed by atoms with Crippen LogP contribution >= 0.6 is 11.6 Å². The summed E-state index contributed by atoms with van der Waals surface area (Å²) in [5.41, 5.74) is 2.57. The van der Waals surface area contributed by atoms with E-state index in [2.05, 4.69) is 0 Å². The van der Waals surface area contributed by atoms with Crippen LogP contribution in [0.3, 0.4) is 0 Å². The zero-order valence-electron chi connectivity index (χ0n) is 17.6. The Balaban J connectivity index is 1.59. The number of halogens is 1. The van der Waals surface area contributed by atoms with Gasteiger partial charge in [0, 0.05) is 29.9 Å². The lowest BCUT2D eigenvalue weighted by Gasteiger charge is -2.23. The monoisotopic (exact) mass is 461 g/mol. The molecule has 8 heteroatoms. The van der Waals surface area contributed by atoms with Gasteiger partial charge in [0.05, 0.1) is 22.1 Å². The Morgan fingerprint density at radius 2 is 1.74 bits per heavy atom. The third-order valence-electron chi connectivity index (χ3n) is 5.36. The summed E-state index contributed by atoms with van der Waals surface area (Å²) in [6.07, 6.45) is 1.11. The normalized spacial score (nSPS) is 16.3. The summed E-state index contributed by atoms with van der Waals surface area (Å²) in [5.74, 6) is -1.58. The molecule has 0 atom stereocenters. The van der Waals surface area contributed by atoms with Crippen molar-refractivity contribution in [3.63, 3.8) is 0 Å². The Morgan fingerprint density at radius 3 is 2.42 bits per heavy atom. The predicted octanol–water partition coefficient (Wildman–Crippen LogP) is 3.93. The minimum absolute atomic E-state index is 0.0312. The molecule has 1 aliphatic heterocycles. The maximum Gasteiger partial charge on any atom is 0.307 e. The van der Waals surface area contributed by atoms with E-state index in [1.807, 2.05) is 50.1 Å². The van der Waals surface area contributed by atoms with Crippen LogP contribution in [0.25, 0.3) is 0 Å². The second-order valence-corrected chi connectivity index (χ2v) is 10.3. The number of rotatable bonds is 7. The highest BCUT2D eigenvalue weighted by Gasteiger charge is 2.38. The van der Waals surface area contributed by atoms with Crippen molar-refractivity contribution in [3.8, 4) is 0 Å². The first kappa shape index (κ1) is 23.0. The van der Waals surface area contributed by atoms with Crippen LogP contribution in [0.2, 0.25) is 5.02 Å². The molecule has 1 aliphatic rings. The average molecular weight is 462 g/mol. The molecule has 2 aromatic carbocycles. The number of carbonyl (C=O) groups is 2. The molecule has 0 unspecified atom stereocenters. The standard InChI is InChI=1S/C23H24ClNO5S/c1-23(2)17-8-4-6-10-19(17)25(3)21(23)14-16(26)15-30-22(27)12-13-31(28,29)20-11-7-5-9-18(20)24/h4-11,14H,12-13,15H2,1-3H3/b21-14-. The number of nitrogens with zero attached hydrogens (tertiary/aromatic N) is 1. The number of carbonyl (C=O) groups excluding carboxylic acids is 2. The molecule has 0 bridgehead atoms. The minimum atomic E-state index is -3.73. The maximum atomic E-state index is 12.4. The van der Waals surface area contributed by atoms with Crippen LogP contribution in [0.4, 0.5) is 5.69 Å². The third kappa shape index (κ3) is 4.83. The molecule has 0 N–H and O–H groups in total. The van der Waals surface area contributed by atoms with Gasteiger partial charge in [-0.2, -0.15) is 0 Å². The second kappa shape index (κ2) is 8.85. The molecule has 0 amide bonds. The van der Waals surface area contributed by atoms with E-state index in [4.69, 9.17) is 16.3 Å². The summed E-state index contributed by atoms with van der Waals surface area (Å²) in [6, 6.07) is 13.9. The van der Waals surface area contributed by atoms with E-state index in [1.165, 1.54) is 18.2 Å². The van der Waals surface area contributed by atoms with Crippen LogP contribution in [0.5, 0.6) is 0 Å². The van der Waals surface area contributed by atoms with Gasteiger partial charge in [-0.1, -0.05) is 55.8 Å². The number of hydrogen-bond donors (Lipinski definition) is 0. The number of hydrogen-bond acceptors (Lipinski definition) is 6. The number of sulfone groups is 1. The van der Waals surface area contributed by atoms with Crippen LogP contribution in [-0.4, -0.2) is 39.6 Å². The van der Waals surface area contributed by atoms with Crippen molar-refractivity contribution in [2.45, 2.75) is 30.6 Å². The first-order chi connectivity index (χ1) is 14.5. The van der Waals surface area contributed by atoms with Gasteiger partial charge in [0.2, 0.25) is 0 Å². The van der Waals surface area contributed by atoms with Crippen LogP contribution in [0.15, 0.2) is 65.2 Å². The summed E-state index contributed by atoms with van der Waals surface area (Å²) >= 11 is 5.93. The molecule has 0 aromatic heterocycles. The van der Waals surface area contributed by atoms with Crippen molar-refractivity contribution in [1.82, 2.24) is 0 Å². The van der Waals surface area contributed by atoms with Crippen LogP contribution < -0.4 is 4.90 Å². The zero-order chi connectivity index (χ0) is 22.8. The van der Waals surface area contributed by atoms with E-state index in [1.54, 1.807) is 12.1 Å². The number of benzene rings is 2. The van der Waals surface area contributed by atoms with Crippen molar-refractivity contribution in [2.75, 3.05) is 24.3 Å². The van der Waals surface area contributed by atoms with Gasteiger partial charge in [-0.25, -0.2) is 8.42 Å². The molecule has 0 saturated heterocycles. The van der Waals surface area contributed by atoms with Gasteiger partial charge in [0.1, 0.15) is 0 Å². The molecule has 1 heterocycles. The van der Waals surface area contributed by atoms with Gasteiger partial charge in [-0.15, -0.1) is 0 Å². The van der Waals surface area contributed by atoms with Gasteiger partial charge in [-0.05, 0) is 23.8 Å². The van der Waals surface area contributed by atoms with Crippen molar-refractivity contribution in [2.24, 2.45) is 0 Å². The quantitative estimate of drug-likeness (QED) is 0.459. The largest absolute Gasteiger partial charge is 0.457 e. The van der Waals surface area contributed by atoms with Crippen molar-refractivity contribution < 1.29 is 22.7 Å². The predicted molar refractivity (Wildman–Crippen MR) is 120 cm³/mol. The molecule has 0 saturated carbocycles. The minimum Gasteiger partial charge on any atom is -0.457 e. The van der Waals surface area contributed by atoms with Crippen LogP contribution in [0.1, 0.15) is 25.8 Å². The van der Waals surface area contributed by atoms with Gasteiger partial charge in [0.25, 0.3) is 0 Å². The molecule has 0 spiro atoms. The molecule has 2 aromatic rings. The fourth-order valence-electron chi connectivity index (χ4n) is 3.70. The summed E-state index contributed by atoms with van der Waals surface area (Å²) in [5, 5.41) is 0.0990. The Hall–Kier alpha value is -2.64. The number of allylic oxidation sites excluding steroid dienone is 1. The van der Waals surface area contributed by atoms with Gasteiger partial charge < -0.3 is 9.64 Å². The Morgan fingerprint density at radius 1 is 1.10 bits per heavy atom. The van der Waals surface area contributed by atoms with Gasteiger partial charge in [-0.3, -0.25) is 9.59 Å². The van der Waals surface area contributed by atoms with Crippen LogP contribution in [-0.2, 0) is 29.6 Å². The number of para-hydroxylation sites is 1. The highest BCUT2D eigenvalue weighted by atomic mass is 35.5. The maximum absolute atomic E-state index is 12.4. The lowest BCUT2D eigenvalue weighted by Crippen LogP contribution is -2.25. The highest BCUT2D eigenvalue weighted by Crippen LogP contribution is 2.46. The first-order valence-corrected chi connectivity index (χ1v) is 11.8. The molecule has 3 rings (SSSR count). The summed E-state index contributed by atoms with van der Waals surface area (Å²) in [4.78, 5) is 26.4. The zero-order valence-corrected chi connectivity index (χ0v) is 19.2. The van der Waals surface area contributed by atoms with E-state index in [-0.39, 0.29) is 27.5 Å². The van der Waals surface area contributed by atoms with E-state index in [9.17, 15) is 18.0 Å². The number of fused-ring (bicyclic) bond motifs is 1. The highest BCUT2D eigenvalue weighted by molar-refractivity contribution is 7.91. The van der Waals surface area contributed by atoms with E-state index >= 15 is 0 Å². The second-order valence-electron chi connectivity index (χ2n) is 7.86. The van der Waals surface area contributed by atoms with E-state index in [0.717, 1.165) is 16.9 Å². The third-order valence-corrected chi connectivity index (χ3v) is 7.57. The lowest BCUT2D eigenvalue weighted by molar-refractivity contribution is -0.146. The smallest absolute Gasteiger partial charge is 0.307 e. The Bertz CT molecular complexity index is 1150. The molecule has 0 fully saturated rings. The molecule has 0 radical (unpaired) electrons. The summed E-state index contributed by atoms with van der Waals surface area (Å²) in [7, 11) is -1.85. The first-order valence-electron chi connectivity index (χ1n) is 9.75. The molecular weight excluding hydrogens is 438 g/mol. The Kier molecular flexibility index (Phi) is 6.57. The summed E-state index contributed by atoms with van der Waals surface area (Å²) in [6.45, 7) is 3.61. The van der Waals surface area contributed by atoms with Gasteiger partial charge in [0.15, 0.2) is 22.2 Å². The summed E-state index contributed by atoms with van der Waals surface area (Å²) < 4.78 is 29.7. The number of esters is 1. The lowest BCUT2D eigenvalue weighted by atomic mass is 9.83. The topological polar surface area (TPSA) is 80.8 Å². The number of ether oxygens (including phenoxy) is 1. The molecule has 164 valence electrons. The molecule has 6 nitrogen and oxygen atoms in total. The van der Waals surface area contributed by atoms with Crippen molar-refractivity contribution in [3.05, 3.63) is 70.9 Å². The molecule has 0 aliphatic carbocycles. The van der Waals surface area contributed by atoms with Crippen molar-refractivity contribution in [1.29, 1.82) is 0 Å². The fourth-order valence-corrected chi connectivity index (χ4v) is 5.50.